The van der Waals surface area contributed by atoms with Crippen molar-refractivity contribution in [3.63, 3.8) is 0 Å². The molecule has 1 amide bonds. The van der Waals surface area contributed by atoms with E-state index in [1.54, 1.807) is 6.20 Å². The summed E-state index contributed by atoms with van der Waals surface area (Å²) in [6, 6.07) is 9.56. The molecule has 4 rings (SSSR count). The second-order valence-electron chi connectivity index (χ2n) is 6.26. The Morgan fingerprint density at radius 1 is 1.32 bits per heavy atom. The number of aryl methyl sites for hydroxylation is 1. The van der Waals surface area contributed by atoms with E-state index in [9.17, 15) is 4.79 Å². The molecule has 5 heteroatoms. The predicted octanol–water partition coefficient (Wildman–Crippen LogP) is 2.74. The maximum absolute atomic E-state index is 12.4. The normalized spacial score (nSPS) is 26.3. The minimum absolute atomic E-state index is 0.00946. The van der Waals surface area contributed by atoms with Crippen molar-refractivity contribution in [2.75, 3.05) is 0 Å². The van der Waals surface area contributed by atoms with Crippen LogP contribution in [0.4, 0.5) is 0 Å². The first-order valence-corrected chi connectivity index (χ1v) is 8.60. The van der Waals surface area contributed by atoms with E-state index in [0.717, 1.165) is 17.0 Å². The van der Waals surface area contributed by atoms with Gasteiger partial charge in [0.1, 0.15) is 9.88 Å². The number of benzene rings is 1. The van der Waals surface area contributed by atoms with E-state index in [1.807, 2.05) is 0 Å². The van der Waals surface area contributed by atoms with Crippen molar-refractivity contribution in [1.82, 2.24) is 15.6 Å². The molecule has 3 atom stereocenters. The van der Waals surface area contributed by atoms with Gasteiger partial charge in [0.25, 0.3) is 5.91 Å². The lowest BCUT2D eigenvalue weighted by molar-refractivity contribution is 0.0935. The molecule has 22 heavy (non-hydrogen) atoms. The summed E-state index contributed by atoms with van der Waals surface area (Å²) in [6.45, 7) is 2.06. The molecular formula is C17H19N3OS. The van der Waals surface area contributed by atoms with E-state index in [4.69, 9.17) is 0 Å². The third-order valence-corrected chi connectivity index (χ3v) is 5.69. The molecule has 0 radical (unpaired) electrons. The number of fused-ring (bicyclic) bond motifs is 2. The molecule has 2 aliphatic heterocycles. The van der Waals surface area contributed by atoms with E-state index in [2.05, 4.69) is 46.8 Å². The van der Waals surface area contributed by atoms with Gasteiger partial charge in [-0.2, -0.15) is 0 Å². The van der Waals surface area contributed by atoms with Gasteiger partial charge in [0.15, 0.2) is 0 Å². The molecule has 0 saturated carbocycles. The largest absolute Gasteiger partial charge is 0.347 e. The van der Waals surface area contributed by atoms with Gasteiger partial charge in [0.05, 0.1) is 6.20 Å². The third-order valence-electron chi connectivity index (χ3n) is 4.64. The van der Waals surface area contributed by atoms with Crippen molar-refractivity contribution in [3.8, 4) is 10.6 Å². The summed E-state index contributed by atoms with van der Waals surface area (Å²) in [6.07, 6.45) is 5.16. The Hall–Kier alpha value is -1.72. The van der Waals surface area contributed by atoms with Crippen LogP contribution in [0.1, 0.15) is 34.5 Å². The lowest BCUT2D eigenvalue weighted by Gasteiger charge is -2.20. The molecule has 0 aliphatic carbocycles. The Kier molecular flexibility index (Phi) is 3.47. The quantitative estimate of drug-likeness (QED) is 0.916. The molecule has 1 aromatic heterocycles. The van der Waals surface area contributed by atoms with Gasteiger partial charge in [-0.3, -0.25) is 4.79 Å². The zero-order valence-electron chi connectivity index (χ0n) is 12.5. The van der Waals surface area contributed by atoms with Gasteiger partial charge in [-0.05, 0) is 26.2 Å². The molecule has 2 saturated heterocycles. The summed E-state index contributed by atoms with van der Waals surface area (Å²) in [4.78, 5) is 17.5. The predicted molar refractivity (Wildman–Crippen MR) is 88.1 cm³/mol. The van der Waals surface area contributed by atoms with Crippen LogP contribution in [-0.2, 0) is 0 Å². The first kappa shape index (κ1) is 13.9. The zero-order valence-corrected chi connectivity index (χ0v) is 13.3. The molecule has 1 aromatic carbocycles. The highest BCUT2D eigenvalue weighted by molar-refractivity contribution is 7.16. The highest BCUT2D eigenvalue weighted by atomic mass is 32.1. The van der Waals surface area contributed by atoms with E-state index < -0.39 is 0 Å². The van der Waals surface area contributed by atoms with Crippen molar-refractivity contribution < 1.29 is 4.79 Å². The average Bonchev–Trinajstić information content (AvgIpc) is 3.24. The maximum atomic E-state index is 12.4. The van der Waals surface area contributed by atoms with Crippen LogP contribution < -0.4 is 10.6 Å². The number of rotatable bonds is 3. The molecular weight excluding hydrogens is 294 g/mol. The number of carbonyl (C=O) groups excluding carboxylic acids is 1. The van der Waals surface area contributed by atoms with Gasteiger partial charge in [-0.1, -0.05) is 29.8 Å². The first-order chi connectivity index (χ1) is 10.7. The second kappa shape index (κ2) is 5.48. The second-order valence-corrected chi connectivity index (χ2v) is 7.29. The van der Waals surface area contributed by atoms with Crippen molar-refractivity contribution in [2.24, 2.45) is 0 Å². The van der Waals surface area contributed by atoms with Crippen LogP contribution in [0, 0.1) is 6.92 Å². The van der Waals surface area contributed by atoms with E-state index in [1.165, 1.54) is 29.7 Å². The average molecular weight is 313 g/mol. The van der Waals surface area contributed by atoms with Gasteiger partial charge >= 0.3 is 0 Å². The van der Waals surface area contributed by atoms with Crippen LogP contribution in [-0.4, -0.2) is 29.0 Å². The van der Waals surface area contributed by atoms with Crippen LogP contribution in [0.15, 0.2) is 30.5 Å². The molecule has 2 fully saturated rings. The van der Waals surface area contributed by atoms with Crippen molar-refractivity contribution in [2.45, 2.75) is 44.3 Å². The van der Waals surface area contributed by atoms with Crippen LogP contribution in [0.5, 0.6) is 0 Å². The Morgan fingerprint density at radius 2 is 2.14 bits per heavy atom. The Morgan fingerprint density at radius 3 is 2.82 bits per heavy atom. The molecule has 0 spiro atoms. The fraction of sp³-hybridized carbons (Fsp3) is 0.412. The van der Waals surface area contributed by atoms with Gasteiger partial charge in [0.2, 0.25) is 0 Å². The number of nitrogens with one attached hydrogen (secondary N) is 2. The summed E-state index contributed by atoms with van der Waals surface area (Å²) in [5.74, 6) is 0.00946. The SMILES string of the molecule is Cc1ccc(-c2ncc(C(=O)N[C@@H]3C[C@H]4CC[C@@H]3N4)s2)cc1. The number of thiazole rings is 1. The topological polar surface area (TPSA) is 54.0 Å². The molecule has 2 aromatic rings. The standard InChI is InChI=1S/C17H19N3OS/c1-10-2-4-11(5-3-10)17-18-9-15(22-17)16(21)20-14-8-12-6-7-13(14)19-12/h2-5,9,12-14,19H,6-8H2,1H3,(H,20,21)/t12-,13+,14-/m1/s1. The number of carbonyl (C=O) groups is 1. The summed E-state index contributed by atoms with van der Waals surface area (Å²) < 4.78 is 0. The molecule has 0 unspecified atom stereocenters. The van der Waals surface area contributed by atoms with Crippen molar-refractivity contribution in [3.05, 3.63) is 40.9 Å². The minimum atomic E-state index is 0.00946. The Labute approximate surface area is 134 Å². The molecule has 3 heterocycles. The van der Waals surface area contributed by atoms with Crippen LogP contribution in [0.3, 0.4) is 0 Å². The number of amides is 1. The van der Waals surface area contributed by atoms with Crippen LogP contribution in [0.25, 0.3) is 10.6 Å². The van der Waals surface area contributed by atoms with Gasteiger partial charge < -0.3 is 10.6 Å². The van der Waals surface area contributed by atoms with Gasteiger partial charge in [-0.15, -0.1) is 11.3 Å². The molecule has 2 N–H and O–H groups in total. The number of aromatic nitrogens is 1. The zero-order chi connectivity index (χ0) is 15.1. The highest BCUT2D eigenvalue weighted by Gasteiger charge is 2.39. The number of nitrogens with zero attached hydrogens (tertiary/aromatic N) is 1. The summed E-state index contributed by atoms with van der Waals surface area (Å²) >= 11 is 1.46. The minimum Gasteiger partial charge on any atom is -0.347 e. The maximum Gasteiger partial charge on any atom is 0.263 e. The van der Waals surface area contributed by atoms with Crippen molar-refractivity contribution >= 4 is 17.2 Å². The van der Waals surface area contributed by atoms with Crippen LogP contribution >= 0.6 is 11.3 Å². The Bertz CT molecular complexity index is 694. The van der Waals surface area contributed by atoms with Crippen molar-refractivity contribution in [1.29, 1.82) is 0 Å². The molecule has 2 aliphatic rings. The van der Waals surface area contributed by atoms with Gasteiger partial charge in [0, 0.05) is 23.7 Å². The molecule has 2 bridgehead atoms. The summed E-state index contributed by atoms with van der Waals surface area (Å²) in [7, 11) is 0. The monoisotopic (exact) mass is 313 g/mol. The summed E-state index contributed by atoms with van der Waals surface area (Å²) in [5.41, 5.74) is 2.29. The lowest BCUT2D eigenvalue weighted by atomic mass is 9.95. The Balaban J connectivity index is 1.46. The fourth-order valence-corrected chi connectivity index (χ4v) is 4.26. The summed E-state index contributed by atoms with van der Waals surface area (Å²) in [5, 5.41) is 7.61. The van der Waals surface area contributed by atoms with Gasteiger partial charge in [-0.25, -0.2) is 4.98 Å². The molecule has 114 valence electrons. The van der Waals surface area contributed by atoms with E-state index in [0.29, 0.717) is 17.0 Å². The third kappa shape index (κ3) is 2.55. The van der Waals surface area contributed by atoms with Crippen LogP contribution in [0.2, 0.25) is 0 Å². The number of hydrogen-bond acceptors (Lipinski definition) is 4. The lowest BCUT2D eigenvalue weighted by Crippen LogP contribution is -2.42. The molecule has 4 nitrogen and oxygen atoms in total. The van der Waals surface area contributed by atoms with E-state index >= 15 is 0 Å². The van der Waals surface area contributed by atoms with E-state index in [-0.39, 0.29) is 11.9 Å². The first-order valence-electron chi connectivity index (χ1n) is 7.79. The fourth-order valence-electron chi connectivity index (χ4n) is 3.43. The highest BCUT2D eigenvalue weighted by Crippen LogP contribution is 2.29. The number of hydrogen-bond donors (Lipinski definition) is 2. The smallest absolute Gasteiger partial charge is 0.263 e.